The summed E-state index contributed by atoms with van der Waals surface area (Å²) in [6, 6.07) is 7.67. The molecule has 5 rings (SSSR count). The lowest BCUT2D eigenvalue weighted by Gasteiger charge is -2.24. The van der Waals surface area contributed by atoms with E-state index in [0.717, 1.165) is 33.6 Å². The van der Waals surface area contributed by atoms with Crippen LogP contribution in [-0.4, -0.2) is 37.1 Å². The quantitative estimate of drug-likeness (QED) is 0.409. The van der Waals surface area contributed by atoms with E-state index in [4.69, 9.17) is 0 Å². The first-order chi connectivity index (χ1) is 13.2. The van der Waals surface area contributed by atoms with E-state index in [1.807, 2.05) is 48.5 Å². The number of hydrogen-bond donors (Lipinski definition) is 4. The largest absolute Gasteiger partial charge is 0.300 e. The minimum Gasteiger partial charge on any atom is -0.300 e. The van der Waals surface area contributed by atoms with Crippen molar-refractivity contribution in [1.29, 1.82) is 0 Å². The molecule has 9 nitrogen and oxygen atoms in total. The number of rotatable bonds is 4. The SMILES string of the molecule is Cc1cc(NC2=CN(Sc3ccc4c(=O)[nH][nH]c4c3)CC3=NC=C[N+]23)n[nH]1. The average Bonchev–Trinajstić information content (AvgIpc) is 3.36. The van der Waals surface area contributed by atoms with E-state index in [0.29, 0.717) is 11.9 Å². The Labute approximate surface area is 158 Å². The Bertz CT molecular complexity index is 1170. The Morgan fingerprint density at radius 3 is 3.07 bits per heavy atom. The molecule has 0 saturated carbocycles. The van der Waals surface area contributed by atoms with Crippen molar-refractivity contribution in [2.45, 2.75) is 11.8 Å². The topological polar surface area (TPSA) is 111 Å². The number of fused-ring (bicyclic) bond motifs is 2. The first-order valence-electron chi connectivity index (χ1n) is 8.34. The summed E-state index contributed by atoms with van der Waals surface area (Å²) in [5.74, 6) is 2.54. The summed E-state index contributed by atoms with van der Waals surface area (Å²) >= 11 is 1.57. The van der Waals surface area contributed by atoms with Crippen LogP contribution < -0.4 is 15.8 Å². The molecule has 0 spiro atoms. The molecule has 2 aromatic heterocycles. The van der Waals surface area contributed by atoms with Crippen LogP contribution in [-0.2, 0) is 0 Å². The van der Waals surface area contributed by atoms with Crippen molar-refractivity contribution in [3.05, 3.63) is 64.7 Å². The summed E-state index contributed by atoms with van der Waals surface area (Å²) in [5.41, 5.74) is 1.67. The minimum atomic E-state index is -0.109. The molecule has 2 aliphatic rings. The van der Waals surface area contributed by atoms with Crippen LogP contribution in [0, 0.1) is 6.92 Å². The molecule has 10 heteroatoms. The van der Waals surface area contributed by atoms with Crippen molar-refractivity contribution in [1.82, 2.24) is 29.6 Å². The first kappa shape index (κ1) is 16.0. The van der Waals surface area contributed by atoms with Gasteiger partial charge in [0.1, 0.15) is 6.54 Å². The Hall–Kier alpha value is -3.24. The van der Waals surface area contributed by atoms with E-state index in [9.17, 15) is 4.79 Å². The molecule has 135 valence electrons. The molecule has 0 unspecified atom stereocenters. The van der Waals surface area contributed by atoms with Gasteiger partial charge in [-0.15, -0.1) is 0 Å². The summed E-state index contributed by atoms with van der Waals surface area (Å²) in [5, 5.41) is 16.7. The van der Waals surface area contributed by atoms with Crippen LogP contribution in [0.15, 0.2) is 63.4 Å². The summed E-state index contributed by atoms with van der Waals surface area (Å²) in [7, 11) is 0. The maximum atomic E-state index is 11.7. The number of nitrogens with one attached hydrogen (secondary N) is 4. The zero-order valence-electron chi connectivity index (χ0n) is 14.4. The molecular formula is C17H16N8OS+. The van der Waals surface area contributed by atoms with Crippen molar-refractivity contribution < 1.29 is 0 Å². The standard InChI is InChI=1S/C17H16N8OS/c1-10-6-14(22-20-10)19-16-9-24(8-15-18-4-5-25(15)16)27-11-2-3-12-13(7-11)21-23-17(12)26/h2-7,9H,8H2,1H3,(H2,19,20,22)(H2,21,23,26)/q+1. The van der Waals surface area contributed by atoms with Gasteiger partial charge in [0.25, 0.3) is 17.2 Å². The predicted molar refractivity (Wildman–Crippen MR) is 105 cm³/mol. The fourth-order valence-corrected chi connectivity index (χ4v) is 3.93. The summed E-state index contributed by atoms with van der Waals surface area (Å²) < 4.78 is 2.09. The molecule has 27 heavy (non-hydrogen) atoms. The van der Waals surface area contributed by atoms with Crippen molar-refractivity contribution >= 4 is 34.5 Å². The second-order valence-electron chi connectivity index (χ2n) is 6.24. The Balaban J connectivity index is 1.43. The van der Waals surface area contributed by atoms with Gasteiger partial charge in [0.05, 0.1) is 23.3 Å². The zero-order valence-corrected chi connectivity index (χ0v) is 15.2. The van der Waals surface area contributed by atoms with Gasteiger partial charge < -0.3 is 0 Å². The van der Waals surface area contributed by atoms with Crippen LogP contribution in [0.3, 0.4) is 0 Å². The molecule has 0 aliphatic carbocycles. The normalized spacial score (nSPS) is 16.6. The predicted octanol–water partition coefficient (Wildman–Crippen LogP) is 2.14. The van der Waals surface area contributed by atoms with Crippen molar-refractivity contribution in [3.63, 3.8) is 0 Å². The lowest BCUT2D eigenvalue weighted by molar-refractivity contribution is 0.634. The molecule has 0 bridgehead atoms. The van der Waals surface area contributed by atoms with E-state index in [1.165, 1.54) is 0 Å². The third-order valence-corrected chi connectivity index (χ3v) is 5.21. The number of aromatic nitrogens is 4. The maximum Gasteiger partial charge on any atom is 0.285 e. The zero-order chi connectivity index (χ0) is 18.4. The van der Waals surface area contributed by atoms with Crippen molar-refractivity contribution in [3.8, 4) is 0 Å². The molecule has 4 heterocycles. The van der Waals surface area contributed by atoms with E-state index < -0.39 is 0 Å². The van der Waals surface area contributed by atoms with Crippen LogP contribution in [0.1, 0.15) is 5.69 Å². The summed E-state index contributed by atoms with van der Waals surface area (Å²) in [6.07, 6.45) is 5.73. The van der Waals surface area contributed by atoms with Gasteiger partial charge in [-0.05, 0) is 42.0 Å². The molecule has 1 radical (unpaired) electrons. The van der Waals surface area contributed by atoms with Crippen LogP contribution in [0.4, 0.5) is 5.82 Å². The average molecular weight is 380 g/mol. The van der Waals surface area contributed by atoms with Crippen molar-refractivity contribution in [2.75, 3.05) is 11.9 Å². The summed E-state index contributed by atoms with van der Waals surface area (Å²) in [4.78, 5) is 19.1. The highest BCUT2D eigenvalue weighted by Crippen LogP contribution is 2.29. The number of aryl methyl sites for hydroxylation is 1. The number of benzene rings is 1. The molecular weight excluding hydrogens is 364 g/mol. The van der Waals surface area contributed by atoms with E-state index in [2.05, 4.69) is 35.0 Å². The minimum absolute atomic E-state index is 0.109. The second kappa shape index (κ2) is 6.18. The van der Waals surface area contributed by atoms with E-state index in [1.54, 1.807) is 18.1 Å². The summed E-state index contributed by atoms with van der Waals surface area (Å²) in [6.45, 7) is 2.61. The van der Waals surface area contributed by atoms with Crippen LogP contribution in [0.5, 0.6) is 0 Å². The number of H-pyrrole nitrogens is 3. The smallest absolute Gasteiger partial charge is 0.285 e. The highest BCUT2D eigenvalue weighted by Gasteiger charge is 2.37. The number of aliphatic imine (C=N–C) groups is 1. The molecule has 2 aliphatic heterocycles. The van der Waals surface area contributed by atoms with Crippen LogP contribution in [0.2, 0.25) is 0 Å². The van der Waals surface area contributed by atoms with Crippen LogP contribution >= 0.6 is 11.9 Å². The number of hydrogen-bond acceptors (Lipinski definition) is 7. The maximum absolute atomic E-state index is 11.7. The monoisotopic (exact) mass is 380 g/mol. The lowest BCUT2D eigenvalue weighted by Crippen LogP contribution is -2.42. The highest BCUT2D eigenvalue weighted by molar-refractivity contribution is 7.97. The molecule has 0 saturated heterocycles. The highest BCUT2D eigenvalue weighted by atomic mass is 32.2. The van der Waals surface area contributed by atoms with Gasteiger partial charge in [0.2, 0.25) is 0 Å². The van der Waals surface area contributed by atoms with Crippen molar-refractivity contribution in [2.24, 2.45) is 4.99 Å². The van der Waals surface area contributed by atoms with Gasteiger partial charge in [0.15, 0.2) is 12.0 Å². The third kappa shape index (κ3) is 2.94. The van der Waals surface area contributed by atoms with E-state index >= 15 is 0 Å². The van der Waals surface area contributed by atoms with Gasteiger partial charge in [-0.3, -0.25) is 29.7 Å². The molecule has 0 atom stereocenters. The lowest BCUT2D eigenvalue weighted by atomic mass is 10.2. The fourth-order valence-electron chi connectivity index (χ4n) is 3.03. The molecule has 0 fully saturated rings. The molecule has 3 aromatic rings. The second-order valence-corrected chi connectivity index (χ2v) is 7.37. The Morgan fingerprint density at radius 2 is 2.22 bits per heavy atom. The molecule has 0 amide bonds. The van der Waals surface area contributed by atoms with Gasteiger partial charge in [-0.1, -0.05) is 0 Å². The van der Waals surface area contributed by atoms with Gasteiger partial charge in [-0.25, -0.2) is 0 Å². The van der Waals surface area contributed by atoms with Crippen LogP contribution in [0.25, 0.3) is 10.9 Å². The Kier molecular flexibility index (Phi) is 3.66. The van der Waals surface area contributed by atoms with Gasteiger partial charge in [0, 0.05) is 16.7 Å². The third-order valence-electron chi connectivity index (χ3n) is 4.27. The number of amidine groups is 1. The number of aromatic amines is 3. The number of anilines is 1. The first-order valence-corrected chi connectivity index (χ1v) is 9.11. The molecule has 4 N–H and O–H groups in total. The Morgan fingerprint density at radius 1 is 1.30 bits per heavy atom. The molecule has 1 aromatic carbocycles. The fraction of sp³-hybridized carbons (Fsp3) is 0.118. The number of nitrogens with zero attached hydrogens (tertiary/aromatic N) is 4. The van der Waals surface area contributed by atoms with E-state index in [-0.39, 0.29) is 5.56 Å². The van der Waals surface area contributed by atoms with Gasteiger partial charge >= 0.3 is 0 Å². The van der Waals surface area contributed by atoms with Gasteiger partial charge in [-0.2, -0.15) is 10.1 Å².